The SMILES string of the molecule is COc1ccc(S(=O)(=O)N2C(=O)COC23C=CC(=O)C=C3)cc1. The number of carbonyl (C=O) groups excluding carboxylic acids is 2. The average Bonchev–Trinajstić information content (AvgIpc) is 2.88. The third kappa shape index (κ3) is 2.45. The van der Waals surface area contributed by atoms with Crippen LogP contribution in [0, 0.1) is 0 Å². The number of ketones is 1. The summed E-state index contributed by atoms with van der Waals surface area (Å²) in [5.41, 5.74) is -1.59. The minimum atomic E-state index is -4.15. The van der Waals surface area contributed by atoms with Crippen LogP contribution in [0.1, 0.15) is 0 Å². The maximum absolute atomic E-state index is 12.8. The number of sulfonamides is 1. The second-order valence-corrected chi connectivity index (χ2v) is 6.73. The van der Waals surface area contributed by atoms with Crippen LogP contribution in [-0.2, 0) is 24.3 Å². The summed E-state index contributed by atoms with van der Waals surface area (Å²) in [5, 5.41) is 0. The number of carbonyl (C=O) groups is 2. The van der Waals surface area contributed by atoms with Crippen molar-refractivity contribution in [3.63, 3.8) is 0 Å². The van der Waals surface area contributed by atoms with Crippen molar-refractivity contribution in [1.82, 2.24) is 4.31 Å². The Morgan fingerprint density at radius 1 is 1.13 bits per heavy atom. The zero-order chi connectivity index (χ0) is 16.7. The van der Waals surface area contributed by atoms with Crippen LogP contribution in [0.4, 0.5) is 0 Å². The van der Waals surface area contributed by atoms with Gasteiger partial charge in [0.05, 0.1) is 12.0 Å². The average molecular weight is 335 g/mol. The van der Waals surface area contributed by atoms with Crippen LogP contribution in [0.5, 0.6) is 5.75 Å². The van der Waals surface area contributed by atoms with Crippen molar-refractivity contribution in [1.29, 1.82) is 0 Å². The predicted octanol–water partition coefficient (Wildman–Crippen LogP) is 0.634. The van der Waals surface area contributed by atoms with Gasteiger partial charge in [0.2, 0.25) is 0 Å². The lowest BCUT2D eigenvalue weighted by molar-refractivity contribution is -0.124. The summed E-state index contributed by atoms with van der Waals surface area (Å²) in [6, 6.07) is 5.65. The van der Waals surface area contributed by atoms with E-state index in [1.165, 1.54) is 55.7 Å². The van der Waals surface area contributed by atoms with Crippen molar-refractivity contribution in [2.24, 2.45) is 0 Å². The molecule has 23 heavy (non-hydrogen) atoms. The van der Waals surface area contributed by atoms with E-state index in [0.717, 1.165) is 0 Å². The smallest absolute Gasteiger partial charge is 0.269 e. The van der Waals surface area contributed by atoms with Crippen LogP contribution < -0.4 is 4.74 Å². The molecule has 1 aliphatic carbocycles. The summed E-state index contributed by atoms with van der Waals surface area (Å²) in [6.45, 7) is -0.391. The van der Waals surface area contributed by atoms with Crippen molar-refractivity contribution < 1.29 is 27.5 Å². The van der Waals surface area contributed by atoms with Gasteiger partial charge in [-0.15, -0.1) is 0 Å². The van der Waals surface area contributed by atoms with Gasteiger partial charge in [-0.2, -0.15) is 4.31 Å². The standard InChI is InChI=1S/C15H13NO6S/c1-21-12-2-4-13(5-3-12)23(19,20)16-14(18)10-22-15(16)8-6-11(17)7-9-15/h2-9H,10H2,1H3. The van der Waals surface area contributed by atoms with Crippen LogP contribution in [0.25, 0.3) is 0 Å². The van der Waals surface area contributed by atoms with E-state index in [4.69, 9.17) is 9.47 Å². The number of nitrogens with zero attached hydrogens (tertiary/aromatic N) is 1. The first-order chi connectivity index (χ1) is 10.9. The molecule has 1 aromatic rings. The highest BCUT2D eigenvalue weighted by Crippen LogP contribution is 2.35. The highest BCUT2D eigenvalue weighted by molar-refractivity contribution is 7.89. The van der Waals surface area contributed by atoms with Crippen LogP contribution in [0.2, 0.25) is 0 Å². The second-order valence-electron chi connectivity index (χ2n) is 4.95. The molecule has 3 rings (SSSR count). The number of amides is 1. The van der Waals surface area contributed by atoms with Gasteiger partial charge in [0, 0.05) is 0 Å². The monoisotopic (exact) mass is 335 g/mol. The maximum atomic E-state index is 12.8. The van der Waals surface area contributed by atoms with E-state index in [2.05, 4.69) is 0 Å². The minimum absolute atomic E-state index is 0.0739. The van der Waals surface area contributed by atoms with Gasteiger partial charge < -0.3 is 9.47 Å². The van der Waals surface area contributed by atoms with E-state index in [0.29, 0.717) is 10.1 Å². The Balaban J connectivity index is 2.06. The summed E-state index contributed by atoms with van der Waals surface area (Å²) in [7, 11) is -2.69. The van der Waals surface area contributed by atoms with Gasteiger partial charge >= 0.3 is 0 Å². The van der Waals surface area contributed by atoms with E-state index < -0.39 is 28.3 Å². The number of hydrogen-bond acceptors (Lipinski definition) is 6. The fraction of sp³-hybridized carbons (Fsp3) is 0.200. The molecule has 0 saturated carbocycles. The number of rotatable bonds is 3. The van der Waals surface area contributed by atoms with E-state index in [1.54, 1.807) is 0 Å². The van der Waals surface area contributed by atoms with E-state index in [-0.39, 0.29) is 10.7 Å². The van der Waals surface area contributed by atoms with Gasteiger partial charge in [-0.25, -0.2) is 8.42 Å². The van der Waals surface area contributed by atoms with Crippen LogP contribution in [-0.4, -0.2) is 43.9 Å². The lowest BCUT2D eigenvalue weighted by Gasteiger charge is -2.31. The number of benzene rings is 1. The van der Waals surface area contributed by atoms with Crippen molar-refractivity contribution in [3.8, 4) is 5.75 Å². The molecular formula is C15H13NO6S. The number of methoxy groups -OCH3 is 1. The highest BCUT2D eigenvalue weighted by atomic mass is 32.2. The number of hydrogen-bond donors (Lipinski definition) is 0. The Bertz CT molecular complexity index is 806. The molecule has 0 radical (unpaired) electrons. The van der Waals surface area contributed by atoms with Gasteiger partial charge in [-0.05, 0) is 48.6 Å². The van der Waals surface area contributed by atoms with Gasteiger partial charge in [0.25, 0.3) is 15.9 Å². The lowest BCUT2D eigenvalue weighted by atomic mass is 10.1. The summed E-state index contributed by atoms with van der Waals surface area (Å²) < 4.78 is 36.7. The third-order valence-electron chi connectivity index (χ3n) is 3.54. The number of ether oxygens (including phenoxy) is 2. The van der Waals surface area contributed by atoms with E-state index in [9.17, 15) is 18.0 Å². The maximum Gasteiger partial charge on any atom is 0.269 e. The molecule has 0 bridgehead atoms. The molecule has 0 unspecified atom stereocenters. The number of allylic oxidation sites excluding steroid dienone is 2. The largest absolute Gasteiger partial charge is 0.497 e. The van der Waals surface area contributed by atoms with Gasteiger partial charge in [0.15, 0.2) is 11.5 Å². The molecule has 0 N–H and O–H groups in total. The topological polar surface area (TPSA) is 90.0 Å². The Labute approximate surface area is 132 Å². The van der Waals surface area contributed by atoms with E-state index in [1.807, 2.05) is 0 Å². The lowest BCUT2D eigenvalue weighted by Crippen LogP contribution is -2.48. The second kappa shape index (κ2) is 5.32. The summed E-state index contributed by atoms with van der Waals surface area (Å²) in [5.74, 6) is -0.518. The Hall–Kier alpha value is -2.45. The Morgan fingerprint density at radius 2 is 1.74 bits per heavy atom. The molecule has 1 fully saturated rings. The normalized spacial score (nSPS) is 19.6. The van der Waals surface area contributed by atoms with Crippen molar-refractivity contribution in [2.45, 2.75) is 10.6 Å². The molecule has 7 nitrogen and oxygen atoms in total. The molecule has 0 atom stereocenters. The Morgan fingerprint density at radius 3 is 2.30 bits per heavy atom. The molecule has 120 valence electrons. The van der Waals surface area contributed by atoms with Gasteiger partial charge in [0.1, 0.15) is 12.4 Å². The summed E-state index contributed by atoms with van der Waals surface area (Å²) in [4.78, 5) is 23.3. The molecule has 0 aromatic heterocycles. The van der Waals surface area contributed by atoms with Gasteiger partial charge in [-0.1, -0.05) is 0 Å². The fourth-order valence-corrected chi connectivity index (χ4v) is 3.97. The zero-order valence-electron chi connectivity index (χ0n) is 12.1. The Kier molecular flexibility index (Phi) is 3.57. The molecule has 1 heterocycles. The van der Waals surface area contributed by atoms with E-state index >= 15 is 0 Å². The molecule has 1 aromatic carbocycles. The highest BCUT2D eigenvalue weighted by Gasteiger charge is 2.51. The first-order valence-electron chi connectivity index (χ1n) is 6.68. The fourth-order valence-electron chi connectivity index (χ4n) is 2.41. The van der Waals surface area contributed by atoms with Crippen molar-refractivity contribution in [3.05, 3.63) is 48.6 Å². The minimum Gasteiger partial charge on any atom is -0.497 e. The van der Waals surface area contributed by atoms with Gasteiger partial charge in [-0.3, -0.25) is 9.59 Å². The quantitative estimate of drug-likeness (QED) is 0.805. The zero-order valence-corrected chi connectivity index (χ0v) is 12.9. The summed E-state index contributed by atoms with van der Waals surface area (Å²) in [6.07, 6.45) is 4.88. The molecule has 1 saturated heterocycles. The first kappa shape index (κ1) is 15.4. The van der Waals surface area contributed by atoms with Crippen LogP contribution in [0.3, 0.4) is 0 Å². The molecule has 1 amide bonds. The molecule has 1 aliphatic heterocycles. The summed E-state index contributed by atoms with van der Waals surface area (Å²) >= 11 is 0. The molecule has 1 spiro atoms. The first-order valence-corrected chi connectivity index (χ1v) is 8.12. The van der Waals surface area contributed by atoms with Crippen molar-refractivity contribution in [2.75, 3.05) is 13.7 Å². The van der Waals surface area contributed by atoms with Crippen molar-refractivity contribution >= 4 is 21.7 Å². The van der Waals surface area contributed by atoms with Crippen LogP contribution >= 0.6 is 0 Å². The molecule has 8 heteroatoms. The molecular weight excluding hydrogens is 322 g/mol. The predicted molar refractivity (Wildman–Crippen MR) is 79.0 cm³/mol. The molecule has 2 aliphatic rings. The third-order valence-corrected chi connectivity index (χ3v) is 5.38. The van der Waals surface area contributed by atoms with Crippen LogP contribution in [0.15, 0.2) is 53.5 Å².